The minimum atomic E-state index is -0.616. The summed E-state index contributed by atoms with van der Waals surface area (Å²) in [4.78, 5) is 0. The van der Waals surface area contributed by atoms with E-state index in [1.54, 1.807) is 76.9 Å². The molecule has 10 N–H and O–H groups in total. The zero-order valence-corrected chi connectivity index (χ0v) is 50.1. The van der Waals surface area contributed by atoms with Crippen LogP contribution >= 0.6 is 0 Å². The quantitative estimate of drug-likeness (QED) is 0.0275. The molecule has 0 heterocycles. The van der Waals surface area contributed by atoms with Crippen molar-refractivity contribution < 1.29 is 103 Å². The van der Waals surface area contributed by atoms with Gasteiger partial charge in [0.1, 0.15) is 30.5 Å². The Labute approximate surface area is 582 Å². The number of ether oxygens (including phenoxy) is 11. The van der Waals surface area contributed by atoms with Gasteiger partial charge in [-0.1, -0.05) is 154 Å². The summed E-state index contributed by atoms with van der Waals surface area (Å²) in [6, 6.07) is 0. The molecule has 21 heteroatoms. The molecule has 0 aliphatic carbocycles. The lowest BCUT2D eigenvalue weighted by molar-refractivity contribution is -0.0977. The monoisotopic (exact) mass is 1380 g/mol. The molecule has 21 nitrogen and oxygen atoms in total. The fourth-order valence-corrected chi connectivity index (χ4v) is 7.12. The topological polar surface area (TPSA) is 304 Å². The van der Waals surface area contributed by atoms with Gasteiger partial charge >= 0.3 is 0 Å². The Morgan fingerprint density at radius 1 is 0.348 bits per heavy atom. The molecule has 0 spiro atoms. The van der Waals surface area contributed by atoms with Gasteiger partial charge in [-0.25, -0.2) is 0 Å². The van der Waals surface area contributed by atoms with Crippen LogP contribution in [0.1, 0.15) is 263 Å². The Hall–Kier alpha value is -0.840. The van der Waals surface area contributed by atoms with Gasteiger partial charge < -0.3 is 103 Å². The lowest BCUT2D eigenvalue weighted by atomic mass is 9.76. The lowest BCUT2D eigenvalue weighted by Crippen LogP contribution is -2.45. The van der Waals surface area contributed by atoms with Crippen molar-refractivity contribution >= 4 is 0 Å². The predicted octanol–water partition coefficient (Wildman–Crippen LogP) is 14.6. The van der Waals surface area contributed by atoms with Crippen molar-refractivity contribution in [2.75, 3.05) is 122 Å². The maximum Gasteiger partial charge on any atom is 0.109 e. The van der Waals surface area contributed by atoms with E-state index in [0.29, 0.717) is 91.9 Å². The van der Waals surface area contributed by atoms with Crippen LogP contribution in [0.5, 0.6) is 0 Å². The molecule has 92 heavy (non-hydrogen) atoms. The van der Waals surface area contributed by atoms with E-state index >= 15 is 0 Å². The first-order valence-corrected chi connectivity index (χ1v) is 26.5. The Morgan fingerprint density at radius 2 is 0.674 bits per heavy atom. The number of rotatable bonds is 38. The minimum absolute atomic E-state index is 0. The Bertz CT molecular complexity index is 1000. The van der Waals surface area contributed by atoms with Crippen LogP contribution in [0.4, 0.5) is 0 Å². The summed E-state index contributed by atoms with van der Waals surface area (Å²) in [5, 5.41) is 91.8. The summed E-state index contributed by atoms with van der Waals surface area (Å²) in [5.41, 5.74) is -0.639. The molecule has 0 saturated carbocycles. The summed E-state index contributed by atoms with van der Waals surface area (Å²) < 4.78 is 56.9. The first-order valence-electron chi connectivity index (χ1n) is 26.5. The molecule has 600 valence electrons. The van der Waals surface area contributed by atoms with Crippen molar-refractivity contribution in [2.24, 2.45) is 10.8 Å². The maximum atomic E-state index is 9.52. The van der Waals surface area contributed by atoms with Gasteiger partial charge in [0.25, 0.3) is 0 Å². The number of hydrogen-bond acceptors (Lipinski definition) is 21. The van der Waals surface area contributed by atoms with Gasteiger partial charge in [-0.15, -0.1) is 0 Å². The van der Waals surface area contributed by atoms with Crippen LogP contribution in [-0.2, 0) is 52.1 Å². The van der Waals surface area contributed by atoms with Crippen molar-refractivity contribution in [1.82, 2.24) is 0 Å². The fraction of sp³-hybridized carbons (Fsp3) is 1.00. The summed E-state index contributed by atoms with van der Waals surface area (Å²) >= 11 is 0. The molecule has 0 bridgehead atoms. The van der Waals surface area contributed by atoms with Crippen molar-refractivity contribution in [3.05, 3.63) is 0 Å². The zero-order chi connectivity index (χ0) is 58.9. The number of hydrogen-bond donors (Lipinski definition) is 10. The van der Waals surface area contributed by atoms with Gasteiger partial charge in [-0.3, -0.25) is 0 Å². The second kappa shape index (κ2) is 109. The van der Waals surface area contributed by atoms with E-state index in [0.717, 1.165) is 12.8 Å². The van der Waals surface area contributed by atoms with Gasteiger partial charge in [0.2, 0.25) is 0 Å². The molecule has 0 aromatic carbocycles. The Morgan fingerprint density at radius 3 is 0.837 bits per heavy atom. The highest BCUT2D eigenvalue weighted by Gasteiger charge is 2.38. The van der Waals surface area contributed by atoms with E-state index in [4.69, 9.17) is 77.6 Å². The van der Waals surface area contributed by atoms with Crippen molar-refractivity contribution in [1.29, 1.82) is 0 Å². The second-order valence-corrected chi connectivity index (χ2v) is 18.2. The van der Waals surface area contributed by atoms with Crippen LogP contribution in [0.15, 0.2) is 0 Å². The average molecular weight is 1380 g/mol. The third kappa shape index (κ3) is 85.2. The van der Waals surface area contributed by atoms with Gasteiger partial charge in [0.15, 0.2) is 0 Å². The van der Waals surface area contributed by atoms with Crippen molar-refractivity contribution in [3.8, 4) is 0 Å². The van der Waals surface area contributed by atoms with Crippen LogP contribution < -0.4 is 0 Å². The standard InChI is InChI=1S/C13H28O4.C10H22O5.2C9H20O3.2C6H14O3.18CH4/c1-4-15-10-13(8-7-9-14,11-16-5-2)12-17-6-3;1-8(11)10(14-4)7-15-6-9(13-3)5-12-2;1-5-9(6-12-4,7(2)10)8(3)11;1-4-7(10)9(12-6-3)8(11)5-2;2*1-4(7)6(9-3)5(2)8;;;;;;;;;;;;;;;;;;/h14H,4-12H2,1-3H3;8-11H,5-7H2,1-4H3;7-8,10-11H,5-6H2,1-4H3;7-11H,4-6H2,1-3H3;2*4-8H,1-3H3;18*1H4. The smallest absolute Gasteiger partial charge is 0.109 e. The Balaban J connectivity index is -0.0000000267. The third-order valence-corrected chi connectivity index (χ3v) is 12.0. The van der Waals surface area contributed by atoms with E-state index in [2.05, 4.69) is 0 Å². The van der Waals surface area contributed by atoms with Crippen LogP contribution in [0.3, 0.4) is 0 Å². The maximum absolute atomic E-state index is 9.52. The molecule has 0 amide bonds. The number of aliphatic hydroxyl groups excluding tert-OH is 10. The lowest BCUT2D eigenvalue weighted by Gasteiger charge is -2.37. The molecule has 0 aliphatic heterocycles. The largest absolute Gasteiger partial charge is 0.396 e. The predicted molar refractivity (Wildman–Crippen MR) is 410 cm³/mol. The molecule has 0 saturated heterocycles. The molecule has 0 aromatic rings. The Kier molecular flexibility index (Phi) is 194. The van der Waals surface area contributed by atoms with E-state index in [1.807, 2.05) is 48.5 Å². The molecule has 0 radical (unpaired) electrons. The number of aliphatic hydroxyl groups is 10. The molecular weight excluding hydrogens is 1190 g/mol. The van der Waals surface area contributed by atoms with E-state index in [1.165, 1.54) is 14.2 Å². The highest BCUT2D eigenvalue weighted by atomic mass is 16.6. The normalized spacial score (nSPS) is 14.4. The molecule has 0 aromatic heterocycles. The second-order valence-electron chi connectivity index (χ2n) is 18.2. The summed E-state index contributed by atoms with van der Waals surface area (Å²) in [6.45, 7) is 31.2. The molecular formula is C71H190O21. The number of methoxy groups -OCH3 is 6. The highest BCUT2D eigenvalue weighted by molar-refractivity contribution is 4.87. The van der Waals surface area contributed by atoms with Gasteiger partial charge in [0.05, 0.1) is 101 Å². The zero-order valence-electron chi connectivity index (χ0n) is 50.1. The molecule has 11 unspecified atom stereocenters. The highest BCUT2D eigenvalue weighted by Crippen LogP contribution is 2.31. The third-order valence-electron chi connectivity index (χ3n) is 12.0. The first kappa shape index (κ1) is 164. The fourth-order valence-electron chi connectivity index (χ4n) is 7.12. The summed E-state index contributed by atoms with van der Waals surface area (Å²) in [6.07, 6.45) is -3.42. The summed E-state index contributed by atoms with van der Waals surface area (Å²) in [7, 11) is 9.27. The van der Waals surface area contributed by atoms with Crippen LogP contribution in [-0.4, -0.2) is 258 Å². The van der Waals surface area contributed by atoms with Gasteiger partial charge in [0, 0.05) is 86.5 Å². The SMILES string of the molecule is C.C.C.C.C.C.C.C.C.C.C.C.C.C.C.C.C.C.CCC(COC)(C(C)O)C(C)O.CCOC(C(O)CC)C(O)CC.CCOCC(CCCO)(COCC)COCC.COC(C(C)O)C(C)O.COC(C(C)O)C(C)O.COCC(COCC(OC)C(C)O)OC. The molecule has 0 fully saturated rings. The summed E-state index contributed by atoms with van der Waals surface area (Å²) in [5.74, 6) is 0. The molecule has 0 aliphatic rings. The molecule has 11 atom stereocenters. The average Bonchev–Trinajstić information content (AvgIpc) is 3.35. The van der Waals surface area contributed by atoms with Crippen LogP contribution in [0, 0.1) is 10.8 Å². The van der Waals surface area contributed by atoms with Gasteiger partial charge in [-0.05, 0) is 108 Å². The van der Waals surface area contributed by atoms with Crippen molar-refractivity contribution in [3.63, 3.8) is 0 Å². The van der Waals surface area contributed by atoms with Gasteiger partial charge in [-0.2, -0.15) is 0 Å². The molecule has 0 rings (SSSR count). The van der Waals surface area contributed by atoms with Crippen LogP contribution in [0.2, 0.25) is 0 Å². The van der Waals surface area contributed by atoms with Crippen molar-refractivity contribution in [2.45, 2.75) is 348 Å². The van der Waals surface area contributed by atoms with E-state index in [9.17, 15) is 25.5 Å². The minimum Gasteiger partial charge on any atom is -0.396 e. The van der Waals surface area contributed by atoms with E-state index in [-0.39, 0.29) is 158 Å². The van der Waals surface area contributed by atoms with E-state index < -0.39 is 78.7 Å². The first-order chi connectivity index (χ1) is 34.8. The van der Waals surface area contributed by atoms with Crippen LogP contribution in [0.25, 0.3) is 0 Å².